The summed E-state index contributed by atoms with van der Waals surface area (Å²) >= 11 is 1.57. The summed E-state index contributed by atoms with van der Waals surface area (Å²) in [6, 6.07) is 13.7. The molecule has 3 aromatic rings. The molecule has 0 aliphatic heterocycles. The highest BCUT2D eigenvalue weighted by atomic mass is 35.5. The summed E-state index contributed by atoms with van der Waals surface area (Å²) in [5, 5.41) is 0.739. The van der Waals surface area contributed by atoms with Gasteiger partial charge in [0.05, 0.1) is 16.3 Å². The lowest BCUT2D eigenvalue weighted by Gasteiger charge is -2.22. The van der Waals surface area contributed by atoms with Crippen molar-refractivity contribution < 1.29 is 9.53 Å². The minimum Gasteiger partial charge on any atom is -0.491 e. The Labute approximate surface area is 189 Å². The molecule has 0 radical (unpaired) electrons. The monoisotopic (exact) mass is 447 g/mol. The van der Waals surface area contributed by atoms with E-state index in [2.05, 4.69) is 24.0 Å². The third-order valence-corrected chi connectivity index (χ3v) is 5.61. The molecule has 2 aromatic carbocycles. The van der Waals surface area contributed by atoms with E-state index in [-0.39, 0.29) is 24.4 Å². The van der Waals surface area contributed by atoms with Crippen LogP contribution >= 0.6 is 23.7 Å². The van der Waals surface area contributed by atoms with Crippen molar-refractivity contribution in [3.05, 3.63) is 53.6 Å². The van der Waals surface area contributed by atoms with E-state index in [1.54, 1.807) is 16.2 Å². The number of aryl methyl sites for hydroxylation is 1. The van der Waals surface area contributed by atoms with E-state index >= 15 is 0 Å². The minimum atomic E-state index is -0.0438. The van der Waals surface area contributed by atoms with Gasteiger partial charge >= 0.3 is 0 Å². The number of hydrogen-bond donors (Lipinski definition) is 0. The number of carbonyl (C=O) groups is 1. The van der Waals surface area contributed by atoms with Crippen molar-refractivity contribution >= 4 is 45.0 Å². The number of anilines is 1. The van der Waals surface area contributed by atoms with Crippen molar-refractivity contribution in [3.63, 3.8) is 0 Å². The summed E-state index contributed by atoms with van der Waals surface area (Å²) < 4.78 is 6.81. The molecule has 0 saturated heterocycles. The number of ether oxygens (including phenoxy) is 1. The van der Waals surface area contributed by atoms with Gasteiger partial charge in [0.1, 0.15) is 5.75 Å². The number of aromatic nitrogens is 1. The van der Waals surface area contributed by atoms with Crippen molar-refractivity contribution in [2.75, 3.05) is 32.1 Å². The summed E-state index contributed by atoms with van der Waals surface area (Å²) in [6.45, 7) is 7.45. The van der Waals surface area contributed by atoms with Crippen molar-refractivity contribution in [3.8, 4) is 5.75 Å². The fourth-order valence-corrected chi connectivity index (χ4v) is 4.03. The number of rotatable bonds is 8. The Bertz CT molecular complexity index is 970. The third kappa shape index (κ3) is 5.94. The van der Waals surface area contributed by atoms with E-state index in [1.165, 1.54) is 5.56 Å². The highest BCUT2D eigenvalue weighted by Crippen LogP contribution is 2.31. The first kappa shape index (κ1) is 24.1. The number of carbonyl (C=O) groups excluding carboxylic acids is 1. The maximum atomic E-state index is 13.3. The molecule has 30 heavy (non-hydrogen) atoms. The van der Waals surface area contributed by atoms with E-state index in [0.717, 1.165) is 34.1 Å². The average Bonchev–Trinajstić information content (AvgIpc) is 3.10. The summed E-state index contributed by atoms with van der Waals surface area (Å²) in [4.78, 5) is 21.9. The normalized spacial score (nSPS) is 11.0. The van der Waals surface area contributed by atoms with Crippen LogP contribution in [0.1, 0.15) is 36.7 Å². The summed E-state index contributed by atoms with van der Waals surface area (Å²) in [6.07, 6.45) is 1.08. The number of hydrogen-bond acceptors (Lipinski definition) is 5. The van der Waals surface area contributed by atoms with Crippen LogP contribution in [0.25, 0.3) is 10.2 Å². The Morgan fingerprint density at radius 2 is 1.80 bits per heavy atom. The molecule has 162 valence electrons. The fourth-order valence-electron chi connectivity index (χ4n) is 2.98. The van der Waals surface area contributed by atoms with Gasteiger partial charge in [-0.05, 0) is 76.3 Å². The Balaban J connectivity index is 0.00000320. The van der Waals surface area contributed by atoms with Crippen LogP contribution in [-0.4, -0.2) is 49.1 Å². The number of likely N-dealkylation sites (N-methyl/N-ethyl adjacent to an activating group) is 1. The zero-order valence-corrected chi connectivity index (χ0v) is 19.8. The molecular formula is C23H30ClN3O2S. The topological polar surface area (TPSA) is 45.7 Å². The molecule has 0 N–H and O–H groups in total. The zero-order chi connectivity index (χ0) is 21.0. The molecule has 0 aliphatic rings. The summed E-state index contributed by atoms with van der Waals surface area (Å²) in [7, 11) is 4.01. The molecule has 0 saturated carbocycles. The van der Waals surface area contributed by atoms with Crippen LogP contribution in [0, 0.1) is 0 Å². The molecule has 0 fully saturated rings. The van der Waals surface area contributed by atoms with E-state index in [1.807, 2.05) is 58.3 Å². The van der Waals surface area contributed by atoms with Gasteiger partial charge < -0.3 is 9.64 Å². The number of fused-ring (bicyclic) bond motifs is 1. The first-order valence-corrected chi connectivity index (χ1v) is 10.8. The van der Waals surface area contributed by atoms with Crippen LogP contribution in [0.2, 0.25) is 0 Å². The zero-order valence-electron chi connectivity index (χ0n) is 18.2. The molecule has 1 amide bonds. The van der Waals surface area contributed by atoms with Crippen LogP contribution in [0.15, 0.2) is 42.5 Å². The van der Waals surface area contributed by atoms with Crippen molar-refractivity contribution in [2.24, 2.45) is 0 Å². The fraction of sp³-hybridized carbons (Fsp3) is 0.391. The quantitative estimate of drug-likeness (QED) is 0.471. The number of nitrogens with zero attached hydrogens (tertiary/aromatic N) is 3. The van der Waals surface area contributed by atoms with Crippen LogP contribution in [0.5, 0.6) is 5.75 Å². The van der Waals surface area contributed by atoms with Crippen molar-refractivity contribution in [1.29, 1.82) is 0 Å². The number of thiazole rings is 1. The maximum absolute atomic E-state index is 13.3. The lowest BCUT2D eigenvalue weighted by Crippen LogP contribution is -2.36. The second-order valence-corrected chi connectivity index (χ2v) is 8.61. The maximum Gasteiger partial charge on any atom is 0.260 e. The third-order valence-electron chi connectivity index (χ3n) is 4.57. The minimum absolute atomic E-state index is 0. The summed E-state index contributed by atoms with van der Waals surface area (Å²) in [5.74, 6) is 0.723. The lowest BCUT2D eigenvalue weighted by atomic mass is 10.2. The Hall–Kier alpha value is -2.15. The van der Waals surface area contributed by atoms with Gasteiger partial charge in [-0.25, -0.2) is 4.98 Å². The van der Waals surface area contributed by atoms with Gasteiger partial charge in [0.25, 0.3) is 5.91 Å². The van der Waals surface area contributed by atoms with Gasteiger partial charge in [-0.3, -0.25) is 9.69 Å². The SMILES string of the molecule is CCc1ccc2nc(N(CCN(C)C)C(=O)c3ccc(OC(C)C)cc3)sc2c1.Cl. The van der Waals surface area contributed by atoms with Crippen LogP contribution in [0.3, 0.4) is 0 Å². The number of halogens is 1. The average molecular weight is 448 g/mol. The Morgan fingerprint density at radius 3 is 2.40 bits per heavy atom. The summed E-state index contributed by atoms with van der Waals surface area (Å²) in [5.41, 5.74) is 2.85. The second kappa shape index (κ2) is 10.8. The number of benzene rings is 2. The van der Waals surface area contributed by atoms with E-state index in [0.29, 0.717) is 12.1 Å². The molecule has 1 aromatic heterocycles. The highest BCUT2D eigenvalue weighted by Gasteiger charge is 2.21. The first-order chi connectivity index (χ1) is 13.9. The van der Waals surface area contributed by atoms with Gasteiger partial charge in [0.15, 0.2) is 5.13 Å². The highest BCUT2D eigenvalue weighted by molar-refractivity contribution is 7.22. The molecule has 5 nitrogen and oxygen atoms in total. The van der Waals surface area contributed by atoms with Crippen molar-refractivity contribution in [1.82, 2.24) is 9.88 Å². The molecular weight excluding hydrogens is 418 g/mol. The lowest BCUT2D eigenvalue weighted by molar-refractivity contribution is 0.0985. The molecule has 0 aliphatic carbocycles. The molecule has 7 heteroatoms. The van der Waals surface area contributed by atoms with E-state index in [4.69, 9.17) is 9.72 Å². The van der Waals surface area contributed by atoms with Crippen LogP contribution in [0.4, 0.5) is 5.13 Å². The van der Waals surface area contributed by atoms with Crippen molar-refractivity contribution in [2.45, 2.75) is 33.3 Å². The largest absolute Gasteiger partial charge is 0.491 e. The molecule has 0 atom stereocenters. The van der Waals surface area contributed by atoms with Gasteiger partial charge in [-0.2, -0.15) is 0 Å². The predicted molar refractivity (Wildman–Crippen MR) is 129 cm³/mol. The number of amides is 1. The second-order valence-electron chi connectivity index (χ2n) is 7.60. The molecule has 0 unspecified atom stereocenters. The van der Waals surface area contributed by atoms with Crippen LogP contribution in [-0.2, 0) is 6.42 Å². The van der Waals surface area contributed by atoms with E-state index < -0.39 is 0 Å². The smallest absolute Gasteiger partial charge is 0.260 e. The molecule has 0 spiro atoms. The Morgan fingerprint density at radius 1 is 1.10 bits per heavy atom. The first-order valence-electron chi connectivity index (χ1n) is 10.00. The van der Waals surface area contributed by atoms with Gasteiger partial charge in [-0.1, -0.05) is 24.3 Å². The van der Waals surface area contributed by atoms with Gasteiger partial charge in [-0.15, -0.1) is 12.4 Å². The molecule has 3 rings (SSSR count). The molecule has 0 bridgehead atoms. The standard InChI is InChI=1S/C23H29N3O2S.ClH/c1-6-17-7-12-20-21(15-17)29-23(24-20)26(14-13-25(4)5)22(27)18-8-10-19(11-9-18)28-16(2)3;/h7-12,15-16H,6,13-14H2,1-5H3;1H. The van der Waals surface area contributed by atoms with E-state index in [9.17, 15) is 4.79 Å². The van der Waals surface area contributed by atoms with Gasteiger partial charge in [0, 0.05) is 18.7 Å². The molecule has 1 heterocycles. The van der Waals surface area contributed by atoms with Crippen LogP contribution < -0.4 is 9.64 Å². The predicted octanol–water partition coefficient (Wildman–Crippen LogP) is 5.28. The Kier molecular flexibility index (Phi) is 8.65. The van der Waals surface area contributed by atoms with Gasteiger partial charge in [0.2, 0.25) is 0 Å².